The van der Waals surface area contributed by atoms with E-state index in [1.807, 2.05) is 30.3 Å². The minimum atomic E-state index is 0.137. The molecule has 1 atom stereocenters. The standard InChI is InChI=1S/C16H25N7S/c1-12(14-18-15(17)20-16(19-14)21(2)3)23-8-6-22(7-9-23)11-13-5-4-10-24-13/h4-5,10,12H,6-9,11H2,1-3H3,(H2,17,18,19,20)/t12-/m0/s1. The highest BCUT2D eigenvalue weighted by Gasteiger charge is 2.24. The number of hydrogen-bond acceptors (Lipinski definition) is 8. The quantitative estimate of drug-likeness (QED) is 0.877. The number of hydrogen-bond donors (Lipinski definition) is 1. The zero-order valence-corrected chi connectivity index (χ0v) is 15.3. The maximum Gasteiger partial charge on any atom is 0.229 e. The summed E-state index contributed by atoms with van der Waals surface area (Å²) in [5.74, 6) is 1.64. The topological polar surface area (TPSA) is 74.4 Å². The highest BCUT2D eigenvalue weighted by molar-refractivity contribution is 7.09. The third kappa shape index (κ3) is 4.00. The Kier molecular flexibility index (Phi) is 5.27. The average Bonchev–Trinajstić information content (AvgIpc) is 3.07. The molecule has 1 fully saturated rings. The van der Waals surface area contributed by atoms with Crippen molar-refractivity contribution in [3.05, 3.63) is 28.2 Å². The van der Waals surface area contributed by atoms with Gasteiger partial charge in [-0.15, -0.1) is 11.3 Å². The maximum atomic E-state index is 5.85. The molecule has 1 saturated heterocycles. The number of nitrogens with two attached hydrogens (primary N) is 1. The van der Waals surface area contributed by atoms with E-state index in [1.165, 1.54) is 4.88 Å². The van der Waals surface area contributed by atoms with Crippen molar-refractivity contribution in [2.75, 3.05) is 50.9 Å². The van der Waals surface area contributed by atoms with E-state index in [1.54, 1.807) is 0 Å². The van der Waals surface area contributed by atoms with Gasteiger partial charge in [0.2, 0.25) is 11.9 Å². The van der Waals surface area contributed by atoms with Crippen LogP contribution < -0.4 is 10.6 Å². The first-order valence-electron chi connectivity index (χ1n) is 8.20. The molecular formula is C16H25N7S. The molecule has 0 aliphatic carbocycles. The Labute approximate surface area is 147 Å². The van der Waals surface area contributed by atoms with E-state index in [-0.39, 0.29) is 12.0 Å². The molecule has 0 spiro atoms. The smallest absolute Gasteiger partial charge is 0.229 e. The molecule has 0 amide bonds. The first-order valence-corrected chi connectivity index (χ1v) is 9.08. The normalized spacial score (nSPS) is 17.8. The molecule has 2 N–H and O–H groups in total. The van der Waals surface area contributed by atoms with Crippen molar-refractivity contribution in [1.29, 1.82) is 0 Å². The van der Waals surface area contributed by atoms with Crippen molar-refractivity contribution in [2.45, 2.75) is 19.5 Å². The number of piperazine rings is 1. The SMILES string of the molecule is C[C@@H](c1nc(N)nc(N(C)C)n1)N1CCN(Cc2cccs2)CC1. The lowest BCUT2D eigenvalue weighted by Gasteiger charge is -2.37. The van der Waals surface area contributed by atoms with Crippen LogP contribution in [0.25, 0.3) is 0 Å². The fourth-order valence-electron chi connectivity index (χ4n) is 2.88. The Morgan fingerprint density at radius 2 is 1.96 bits per heavy atom. The highest BCUT2D eigenvalue weighted by Crippen LogP contribution is 2.21. The summed E-state index contributed by atoms with van der Waals surface area (Å²) in [6.07, 6.45) is 0. The van der Waals surface area contributed by atoms with Crippen LogP contribution in [0.1, 0.15) is 23.7 Å². The molecule has 3 heterocycles. The summed E-state index contributed by atoms with van der Waals surface area (Å²) in [5, 5.41) is 2.14. The number of nitrogens with zero attached hydrogens (tertiary/aromatic N) is 6. The molecule has 24 heavy (non-hydrogen) atoms. The molecule has 1 aliphatic rings. The summed E-state index contributed by atoms with van der Waals surface area (Å²) >= 11 is 1.83. The second kappa shape index (κ2) is 7.42. The summed E-state index contributed by atoms with van der Waals surface area (Å²) in [6, 6.07) is 4.46. The van der Waals surface area contributed by atoms with Gasteiger partial charge in [-0.3, -0.25) is 9.80 Å². The summed E-state index contributed by atoms with van der Waals surface area (Å²) < 4.78 is 0. The predicted octanol–water partition coefficient (Wildman–Crippen LogP) is 1.46. The highest BCUT2D eigenvalue weighted by atomic mass is 32.1. The van der Waals surface area contributed by atoms with Gasteiger partial charge in [-0.25, -0.2) is 0 Å². The first-order chi connectivity index (χ1) is 11.5. The maximum absolute atomic E-state index is 5.85. The number of aromatic nitrogens is 3. The van der Waals surface area contributed by atoms with Gasteiger partial charge in [-0.2, -0.15) is 15.0 Å². The molecular weight excluding hydrogens is 322 g/mol. The van der Waals surface area contributed by atoms with Crippen molar-refractivity contribution in [3.63, 3.8) is 0 Å². The summed E-state index contributed by atoms with van der Waals surface area (Å²) in [5.41, 5.74) is 5.85. The third-order valence-electron chi connectivity index (χ3n) is 4.35. The summed E-state index contributed by atoms with van der Waals surface area (Å²) in [7, 11) is 3.82. The number of thiophene rings is 1. The number of anilines is 2. The van der Waals surface area contributed by atoms with E-state index >= 15 is 0 Å². The molecule has 130 valence electrons. The largest absolute Gasteiger partial charge is 0.368 e. The van der Waals surface area contributed by atoms with Crippen LogP contribution in [0.2, 0.25) is 0 Å². The van der Waals surface area contributed by atoms with Crippen molar-refractivity contribution >= 4 is 23.2 Å². The molecule has 2 aromatic rings. The molecule has 2 aromatic heterocycles. The molecule has 3 rings (SSSR count). The average molecular weight is 347 g/mol. The lowest BCUT2D eigenvalue weighted by atomic mass is 10.2. The molecule has 1 aliphatic heterocycles. The van der Waals surface area contributed by atoms with Gasteiger partial charge >= 0.3 is 0 Å². The first kappa shape index (κ1) is 17.1. The van der Waals surface area contributed by atoms with Gasteiger partial charge in [0.05, 0.1) is 6.04 Å². The van der Waals surface area contributed by atoms with Gasteiger partial charge < -0.3 is 10.6 Å². The van der Waals surface area contributed by atoms with Crippen molar-refractivity contribution < 1.29 is 0 Å². The molecule has 0 bridgehead atoms. The van der Waals surface area contributed by atoms with Crippen molar-refractivity contribution in [3.8, 4) is 0 Å². The van der Waals surface area contributed by atoms with Crippen molar-refractivity contribution in [2.24, 2.45) is 0 Å². The number of rotatable bonds is 5. The van der Waals surface area contributed by atoms with Gasteiger partial charge in [0, 0.05) is 51.7 Å². The minimum Gasteiger partial charge on any atom is -0.368 e. The Bertz CT molecular complexity index is 650. The lowest BCUT2D eigenvalue weighted by Crippen LogP contribution is -2.46. The van der Waals surface area contributed by atoms with Crippen LogP contribution in [0.15, 0.2) is 17.5 Å². The fraction of sp³-hybridized carbons (Fsp3) is 0.562. The van der Waals surface area contributed by atoms with Gasteiger partial charge in [0.1, 0.15) is 0 Å². The Morgan fingerprint density at radius 1 is 1.21 bits per heavy atom. The van der Waals surface area contributed by atoms with E-state index < -0.39 is 0 Å². The number of nitrogen functional groups attached to an aromatic ring is 1. The monoisotopic (exact) mass is 347 g/mol. The molecule has 8 heteroatoms. The zero-order valence-electron chi connectivity index (χ0n) is 14.5. The second-order valence-corrected chi connectivity index (χ2v) is 7.35. The fourth-order valence-corrected chi connectivity index (χ4v) is 3.63. The van der Waals surface area contributed by atoms with E-state index in [9.17, 15) is 0 Å². The van der Waals surface area contributed by atoms with Gasteiger partial charge in [0.25, 0.3) is 0 Å². The Morgan fingerprint density at radius 3 is 2.58 bits per heavy atom. The van der Waals surface area contributed by atoms with E-state index in [0.29, 0.717) is 5.95 Å². The summed E-state index contributed by atoms with van der Waals surface area (Å²) in [6.45, 7) is 7.32. The minimum absolute atomic E-state index is 0.137. The Hall–Kier alpha value is -1.77. The van der Waals surface area contributed by atoms with Crippen LogP contribution in [-0.4, -0.2) is 65.0 Å². The Balaban J connectivity index is 1.61. The predicted molar refractivity (Wildman–Crippen MR) is 98.2 cm³/mol. The lowest BCUT2D eigenvalue weighted by molar-refractivity contribution is 0.0954. The van der Waals surface area contributed by atoms with Crippen LogP contribution in [0.4, 0.5) is 11.9 Å². The van der Waals surface area contributed by atoms with Gasteiger partial charge in [-0.05, 0) is 18.4 Å². The van der Waals surface area contributed by atoms with Crippen molar-refractivity contribution in [1.82, 2.24) is 24.8 Å². The zero-order chi connectivity index (χ0) is 17.1. The van der Waals surface area contributed by atoms with Gasteiger partial charge in [-0.1, -0.05) is 6.07 Å². The summed E-state index contributed by atoms with van der Waals surface area (Å²) in [4.78, 5) is 21.3. The third-order valence-corrected chi connectivity index (χ3v) is 5.21. The van der Waals surface area contributed by atoms with Crippen LogP contribution in [0.5, 0.6) is 0 Å². The molecule has 0 saturated carbocycles. The van der Waals surface area contributed by atoms with Crippen LogP contribution in [0, 0.1) is 0 Å². The molecule has 0 aromatic carbocycles. The molecule has 7 nitrogen and oxygen atoms in total. The molecule has 0 radical (unpaired) electrons. The van der Waals surface area contributed by atoms with E-state index in [4.69, 9.17) is 5.73 Å². The van der Waals surface area contributed by atoms with E-state index in [0.717, 1.165) is 38.5 Å². The van der Waals surface area contributed by atoms with Gasteiger partial charge in [0.15, 0.2) is 5.82 Å². The molecule has 0 unspecified atom stereocenters. The van der Waals surface area contributed by atoms with Crippen LogP contribution >= 0.6 is 11.3 Å². The van der Waals surface area contributed by atoms with Crippen LogP contribution in [-0.2, 0) is 6.54 Å². The second-order valence-electron chi connectivity index (χ2n) is 6.31. The van der Waals surface area contributed by atoms with Crippen LogP contribution in [0.3, 0.4) is 0 Å². The van der Waals surface area contributed by atoms with E-state index in [2.05, 4.69) is 49.2 Å².